The van der Waals surface area contributed by atoms with Gasteiger partial charge in [0, 0.05) is 84.7 Å². The Morgan fingerprint density at radius 3 is 1.51 bits per heavy atom. The van der Waals surface area contributed by atoms with E-state index in [4.69, 9.17) is 10.8 Å². The van der Waals surface area contributed by atoms with Crippen LogP contribution in [0.3, 0.4) is 0 Å². The molecule has 0 atom stereocenters. The zero-order valence-corrected chi connectivity index (χ0v) is 37.8. The van der Waals surface area contributed by atoms with Crippen molar-refractivity contribution < 1.29 is 84.7 Å². The zero-order valence-electron chi connectivity index (χ0n) is 37.1. The van der Waals surface area contributed by atoms with E-state index in [2.05, 4.69) is 15.3 Å². The molecule has 1 amide bonds. The molecule has 6 heterocycles. The van der Waals surface area contributed by atoms with E-state index in [1.807, 2.05) is 4.90 Å². The molecule has 0 spiro atoms. The van der Waals surface area contributed by atoms with Crippen molar-refractivity contribution in [2.45, 2.75) is 100 Å². The molecular weight excluding hydrogens is 1000 g/mol. The number of nitrogens with two attached hydrogens (primary N) is 1. The fourth-order valence-corrected chi connectivity index (χ4v) is 10.4. The second-order valence-corrected chi connectivity index (χ2v) is 17.7. The van der Waals surface area contributed by atoms with E-state index in [9.17, 15) is 71.9 Å². The molecule has 0 saturated carbocycles. The molecule has 4 aliphatic heterocycles. The van der Waals surface area contributed by atoms with Gasteiger partial charge in [0.15, 0.2) is 0 Å². The maximum atomic E-state index is 13.9. The number of alkyl halides is 12. The number of nitrogens with zero attached hydrogens (tertiary/aromatic N) is 1. The molecule has 72 heavy (non-hydrogen) atoms. The monoisotopic (exact) mass is 1040 g/mol. The van der Waals surface area contributed by atoms with Gasteiger partial charge in [0.1, 0.15) is 16.8 Å². The van der Waals surface area contributed by atoms with Crippen LogP contribution in [-0.4, -0.2) is 51.1 Å². The quantitative estimate of drug-likeness (QED) is 0.0778. The van der Waals surface area contributed by atoms with Gasteiger partial charge in [-0.05, 0) is 74.2 Å². The van der Waals surface area contributed by atoms with E-state index in [0.717, 1.165) is 99.8 Å². The highest BCUT2D eigenvalue weighted by molar-refractivity contribution is 6.06. The summed E-state index contributed by atoms with van der Waals surface area (Å²) in [7, 11) is 0. The van der Waals surface area contributed by atoms with Gasteiger partial charge < -0.3 is 43.4 Å². The number of H-pyrrole nitrogens is 2. The largest absolute Gasteiger partial charge is 1.00 e. The summed E-state index contributed by atoms with van der Waals surface area (Å²) in [6.45, 7) is 0. The number of aromatic amines is 2. The second-order valence-electron chi connectivity index (χ2n) is 17.7. The Bertz CT molecular complexity index is 3130. The summed E-state index contributed by atoms with van der Waals surface area (Å²) in [5.74, 6) is -2.82. The maximum absolute atomic E-state index is 13.9. The minimum absolute atomic E-state index is 0. The lowest BCUT2D eigenvalue weighted by Gasteiger charge is -2.26. The highest BCUT2D eigenvalue weighted by Gasteiger charge is 2.46. The number of benzene rings is 4. The fraction of sp³-hybridized carbons (Fsp3) is 0.333. The van der Waals surface area contributed by atoms with Crippen molar-refractivity contribution >= 4 is 56.4 Å². The number of amides is 1. The van der Waals surface area contributed by atoms with Crippen LogP contribution in [0.25, 0.3) is 21.8 Å². The van der Waals surface area contributed by atoms with Gasteiger partial charge in [-0.15, -0.1) is 0 Å². The average Bonchev–Trinajstić information content (AvgIpc) is 4.11. The van der Waals surface area contributed by atoms with Gasteiger partial charge in [0.25, 0.3) is 5.91 Å². The highest BCUT2D eigenvalue weighted by Crippen LogP contribution is 2.45. The van der Waals surface area contributed by atoms with Crippen molar-refractivity contribution in [2.24, 2.45) is 0 Å². The van der Waals surface area contributed by atoms with Crippen LogP contribution in [0.5, 0.6) is 0 Å². The molecule has 4 aliphatic rings. The van der Waals surface area contributed by atoms with Crippen LogP contribution in [0.15, 0.2) is 94.8 Å². The number of carbonyl (C=O) groups excluding carboxylic acids is 1. The third-order valence-electron chi connectivity index (χ3n) is 13.5. The van der Waals surface area contributed by atoms with Crippen molar-refractivity contribution in [3.8, 4) is 0 Å². The second kappa shape index (κ2) is 19.7. The average molecular weight is 1050 g/mol. The third kappa shape index (κ3) is 10.4. The van der Waals surface area contributed by atoms with Crippen molar-refractivity contribution in [3.63, 3.8) is 0 Å². The first-order chi connectivity index (χ1) is 33.2. The summed E-state index contributed by atoms with van der Waals surface area (Å²) in [6.07, 6.45) is -8.81. The number of rotatable bonds is 5. The zero-order chi connectivity index (χ0) is 51.5. The van der Waals surface area contributed by atoms with Crippen molar-refractivity contribution in [2.75, 3.05) is 16.0 Å². The molecule has 0 unspecified atom stereocenters. The number of anilines is 3. The van der Waals surface area contributed by atoms with Crippen LogP contribution in [0, 0.1) is 0 Å². The molecule has 4 fully saturated rings. The standard InChI is InChI=1S/C24H19F6N3O2.C13H15F3N2.C11H6F3NO3.ClH/c25-23(26,27)16-2-1-3-19-20(16)21(34)15(11-31-19)22(35)32-18-9-8-14(10-17(18)24(28,29)30)33-12-4-5-13(33)7-6-12;14-13(15,16)11-7-10(5-6-12(11)17)18-8-1-2-9(18)4-3-8;12-11(13,14)6-2-1-3-7-8(6)9(16)5(4-15-7)10(17)18;/h1-3,8-13H,4-7H2,(H,31,34)(H,32,35);5-9H,1-4,17H2;1-4H,(H,15,16)(H,17,18);1H. The first-order valence-corrected chi connectivity index (χ1v) is 22.0. The van der Waals surface area contributed by atoms with Crippen molar-refractivity contribution in [3.05, 3.63) is 139 Å². The Morgan fingerprint density at radius 2 is 1.06 bits per heavy atom. The molecule has 6 aromatic rings. The van der Waals surface area contributed by atoms with Crippen LogP contribution in [0.2, 0.25) is 0 Å². The minimum Gasteiger partial charge on any atom is -1.00 e. The van der Waals surface area contributed by atoms with Gasteiger partial charge in [-0.1, -0.05) is 12.1 Å². The van der Waals surface area contributed by atoms with Crippen LogP contribution < -0.4 is 44.1 Å². The molecule has 11 nitrogen and oxygen atoms in total. The molecule has 7 N–H and O–H groups in total. The van der Waals surface area contributed by atoms with E-state index in [-0.39, 0.29) is 41.2 Å². The van der Waals surface area contributed by atoms with E-state index in [1.165, 1.54) is 35.2 Å². The minimum atomic E-state index is -4.87. The number of carboxylic acids is 1. The van der Waals surface area contributed by atoms with Gasteiger partial charge in [-0.25, -0.2) is 4.79 Å². The molecule has 384 valence electrons. The summed E-state index contributed by atoms with van der Waals surface area (Å²) in [4.78, 5) is 56.1. The predicted molar refractivity (Wildman–Crippen MR) is 237 cm³/mol. The fourth-order valence-electron chi connectivity index (χ4n) is 10.4. The number of hydrogen-bond donors (Lipinski definition) is 6. The Labute approximate surface area is 405 Å². The Kier molecular flexibility index (Phi) is 14.5. The van der Waals surface area contributed by atoms with Gasteiger partial charge in [0.05, 0.1) is 50.8 Å². The number of pyridine rings is 2. The number of nitrogens with one attached hydrogen (secondary N) is 4. The number of aromatic carboxylic acids is 1. The lowest BCUT2D eigenvalue weighted by Crippen LogP contribution is -3.10. The van der Waals surface area contributed by atoms with Crippen molar-refractivity contribution in [1.29, 1.82) is 0 Å². The molecule has 10 rings (SSSR count). The lowest BCUT2D eigenvalue weighted by atomic mass is 10.0. The number of nitrogen functional groups attached to an aromatic ring is 1. The summed E-state index contributed by atoms with van der Waals surface area (Å²) in [5, 5.41) is 9.37. The molecular formula is C48H41ClF12N6O5. The van der Waals surface area contributed by atoms with Gasteiger partial charge >= 0.3 is 30.7 Å². The smallest absolute Gasteiger partial charge is 0.418 e. The predicted octanol–water partition coefficient (Wildman–Crippen LogP) is 7.33. The number of carboxylic acid groups (broad SMARTS) is 1. The van der Waals surface area contributed by atoms with Gasteiger partial charge in [-0.3, -0.25) is 19.3 Å². The SMILES string of the molecule is Nc1ccc([NH+]2C3CCC2CC3)cc1C(F)(F)F.O=C(Nc1ccc(N2C3CCC2CC3)cc1C(F)(F)F)c1c[nH]c2cccc(C(F)(F)F)c2c1=O.O=C(O)c1c[nH]c2cccc(C(F)(F)F)c2c1=O.[Cl-]. The van der Waals surface area contributed by atoms with E-state index in [1.54, 1.807) is 6.07 Å². The molecule has 0 radical (unpaired) electrons. The summed E-state index contributed by atoms with van der Waals surface area (Å²) >= 11 is 0. The maximum Gasteiger partial charge on any atom is 0.418 e. The number of aromatic nitrogens is 2. The Balaban J connectivity index is 0.000000173. The number of fused-ring (bicyclic) bond motifs is 6. The Morgan fingerprint density at radius 1 is 0.597 bits per heavy atom. The molecule has 24 heteroatoms. The van der Waals surface area contributed by atoms with E-state index in [0.29, 0.717) is 23.8 Å². The third-order valence-corrected chi connectivity index (χ3v) is 13.5. The number of halogens is 13. The van der Waals surface area contributed by atoms with Gasteiger partial charge in [-0.2, -0.15) is 52.7 Å². The van der Waals surface area contributed by atoms with Crippen LogP contribution in [-0.2, 0) is 24.7 Å². The van der Waals surface area contributed by atoms with E-state index < -0.39 is 97.3 Å². The molecule has 4 bridgehead atoms. The van der Waals surface area contributed by atoms with Gasteiger partial charge in [0.2, 0.25) is 10.9 Å². The van der Waals surface area contributed by atoms with Crippen LogP contribution in [0.4, 0.5) is 75.4 Å². The summed E-state index contributed by atoms with van der Waals surface area (Å²) in [5.41, 5.74) is -2.41. The van der Waals surface area contributed by atoms with Crippen LogP contribution in [0.1, 0.15) is 94.3 Å². The van der Waals surface area contributed by atoms with E-state index >= 15 is 0 Å². The first-order valence-electron chi connectivity index (χ1n) is 22.0. The summed E-state index contributed by atoms with van der Waals surface area (Å²) < 4.78 is 159. The summed E-state index contributed by atoms with van der Waals surface area (Å²) in [6, 6.07) is 15.5. The molecule has 0 aliphatic carbocycles. The highest BCUT2D eigenvalue weighted by atomic mass is 35.5. The number of carbonyl (C=O) groups is 2. The lowest BCUT2D eigenvalue weighted by molar-refractivity contribution is -0.856. The van der Waals surface area contributed by atoms with Crippen molar-refractivity contribution in [1.82, 2.24) is 9.97 Å². The number of quaternary nitrogens is 1. The first kappa shape index (κ1) is 53.1. The normalized spacial score (nSPS) is 20.4. The topological polar surface area (TPSA) is 166 Å². The Hall–Kier alpha value is -6.75. The van der Waals surface area contributed by atoms with Crippen LogP contribution >= 0.6 is 0 Å². The number of hydrogen-bond acceptors (Lipinski definition) is 6. The molecule has 2 aromatic heterocycles. The molecule has 4 aromatic carbocycles. The molecule has 4 saturated heterocycles.